The second-order valence-electron chi connectivity index (χ2n) is 6.89. The van der Waals surface area contributed by atoms with Crippen LogP contribution in [0.1, 0.15) is 19.4 Å². The van der Waals surface area contributed by atoms with Gasteiger partial charge in [-0.2, -0.15) is 0 Å². The maximum Gasteiger partial charge on any atom is 0.366 e. The molecule has 0 aliphatic carbocycles. The second kappa shape index (κ2) is 6.05. The molecule has 2 heterocycles. The Morgan fingerprint density at radius 1 is 1.11 bits per heavy atom. The molecular formula is C20H17N3O4. The molecule has 0 saturated heterocycles. The maximum absolute atomic E-state index is 13.0. The Morgan fingerprint density at radius 2 is 1.85 bits per heavy atom. The van der Waals surface area contributed by atoms with Crippen LogP contribution in [0, 0.1) is 10.1 Å². The van der Waals surface area contributed by atoms with Crippen molar-refractivity contribution < 1.29 is 14.5 Å². The van der Waals surface area contributed by atoms with Crippen molar-refractivity contribution in [2.24, 2.45) is 0 Å². The van der Waals surface area contributed by atoms with E-state index in [4.69, 9.17) is 4.74 Å². The van der Waals surface area contributed by atoms with Gasteiger partial charge in [-0.3, -0.25) is 9.69 Å². The number of anilines is 1. The van der Waals surface area contributed by atoms with Crippen molar-refractivity contribution in [3.8, 4) is 5.75 Å². The van der Waals surface area contributed by atoms with E-state index < -0.39 is 10.5 Å². The zero-order chi connectivity index (χ0) is 19.2. The number of ether oxygens (including phenoxy) is 1. The van der Waals surface area contributed by atoms with Gasteiger partial charge in [0.15, 0.2) is 11.4 Å². The average Bonchev–Trinajstić information content (AvgIpc) is 2.65. The summed E-state index contributed by atoms with van der Waals surface area (Å²) in [6.07, 6.45) is 0. The number of aromatic nitrogens is 1. The molecule has 3 aromatic rings. The van der Waals surface area contributed by atoms with Crippen LogP contribution in [0.25, 0.3) is 10.8 Å². The molecule has 0 radical (unpaired) electrons. The molecule has 7 nitrogen and oxygen atoms in total. The lowest BCUT2D eigenvalue weighted by Gasteiger charge is -2.36. The SMILES string of the molecule is CC1(C)Oc2ccc([N+](=O)[O-])nc2N(Cc2cccc3ccccc23)C1=O. The number of nitrogens with zero attached hydrogens (tertiary/aromatic N) is 3. The van der Waals surface area contributed by atoms with Crippen LogP contribution in [0.15, 0.2) is 54.6 Å². The molecule has 0 N–H and O–H groups in total. The van der Waals surface area contributed by atoms with E-state index in [-0.39, 0.29) is 24.1 Å². The molecule has 2 aromatic carbocycles. The normalized spacial score (nSPS) is 15.3. The summed E-state index contributed by atoms with van der Waals surface area (Å²) in [5.41, 5.74) is -0.159. The number of nitro groups is 1. The van der Waals surface area contributed by atoms with Crippen molar-refractivity contribution in [1.29, 1.82) is 0 Å². The molecular weight excluding hydrogens is 346 g/mol. The summed E-state index contributed by atoms with van der Waals surface area (Å²) in [5, 5.41) is 13.2. The van der Waals surface area contributed by atoms with E-state index in [2.05, 4.69) is 4.98 Å². The van der Waals surface area contributed by atoms with Crippen LogP contribution in [0.5, 0.6) is 5.75 Å². The van der Waals surface area contributed by atoms with Crippen molar-refractivity contribution in [2.45, 2.75) is 26.0 Å². The number of carbonyl (C=O) groups excluding carboxylic acids is 1. The van der Waals surface area contributed by atoms with Crippen molar-refractivity contribution in [3.05, 3.63) is 70.3 Å². The van der Waals surface area contributed by atoms with E-state index in [9.17, 15) is 14.9 Å². The molecule has 0 saturated carbocycles. The van der Waals surface area contributed by atoms with Gasteiger partial charge in [-0.1, -0.05) is 42.5 Å². The van der Waals surface area contributed by atoms with E-state index in [0.717, 1.165) is 16.3 Å². The first-order valence-corrected chi connectivity index (χ1v) is 8.50. The maximum atomic E-state index is 13.0. The Kier molecular flexibility index (Phi) is 3.80. The van der Waals surface area contributed by atoms with Crippen LogP contribution >= 0.6 is 0 Å². The number of pyridine rings is 1. The quantitative estimate of drug-likeness (QED) is 0.521. The first-order valence-electron chi connectivity index (χ1n) is 8.50. The van der Waals surface area contributed by atoms with Crippen molar-refractivity contribution in [2.75, 3.05) is 4.90 Å². The fourth-order valence-electron chi connectivity index (χ4n) is 3.29. The molecule has 0 fully saturated rings. The van der Waals surface area contributed by atoms with Crippen molar-refractivity contribution in [3.63, 3.8) is 0 Å². The monoisotopic (exact) mass is 363 g/mol. The number of benzene rings is 2. The van der Waals surface area contributed by atoms with E-state index in [1.54, 1.807) is 13.8 Å². The lowest BCUT2D eigenvalue weighted by molar-refractivity contribution is -0.389. The fourth-order valence-corrected chi connectivity index (χ4v) is 3.29. The lowest BCUT2D eigenvalue weighted by Crippen LogP contribution is -2.52. The van der Waals surface area contributed by atoms with Gasteiger partial charge in [0.1, 0.15) is 0 Å². The number of hydrogen-bond donors (Lipinski definition) is 0. The van der Waals surface area contributed by atoms with Gasteiger partial charge in [-0.05, 0) is 46.2 Å². The highest BCUT2D eigenvalue weighted by atomic mass is 16.6. The van der Waals surface area contributed by atoms with Crippen LogP contribution in [0.4, 0.5) is 11.6 Å². The highest BCUT2D eigenvalue weighted by molar-refractivity contribution is 6.02. The van der Waals surface area contributed by atoms with Gasteiger partial charge in [-0.15, -0.1) is 0 Å². The molecule has 27 heavy (non-hydrogen) atoms. The third-order valence-electron chi connectivity index (χ3n) is 4.60. The summed E-state index contributed by atoms with van der Waals surface area (Å²) in [6.45, 7) is 3.60. The second-order valence-corrected chi connectivity index (χ2v) is 6.89. The Balaban J connectivity index is 1.84. The van der Waals surface area contributed by atoms with E-state index in [1.165, 1.54) is 17.0 Å². The van der Waals surface area contributed by atoms with Gasteiger partial charge in [0.05, 0.1) is 6.54 Å². The number of rotatable bonds is 3. The lowest BCUT2D eigenvalue weighted by atomic mass is 10.0. The highest BCUT2D eigenvalue weighted by Gasteiger charge is 2.44. The molecule has 1 aliphatic rings. The zero-order valence-electron chi connectivity index (χ0n) is 14.9. The number of carbonyl (C=O) groups is 1. The molecule has 7 heteroatoms. The van der Waals surface area contributed by atoms with Crippen LogP contribution < -0.4 is 9.64 Å². The van der Waals surface area contributed by atoms with Crippen molar-refractivity contribution >= 4 is 28.3 Å². The van der Waals surface area contributed by atoms with Crippen molar-refractivity contribution in [1.82, 2.24) is 4.98 Å². The third-order valence-corrected chi connectivity index (χ3v) is 4.60. The minimum Gasteiger partial charge on any atom is -0.472 e. The van der Waals surface area contributed by atoms with E-state index in [0.29, 0.717) is 5.75 Å². The van der Waals surface area contributed by atoms with Crippen LogP contribution in [-0.4, -0.2) is 21.4 Å². The van der Waals surface area contributed by atoms with Gasteiger partial charge in [0.2, 0.25) is 0 Å². The standard InChI is InChI=1S/C20H17N3O4/c1-20(2)19(24)22(18-16(27-20)10-11-17(21-18)23(25)26)12-14-8-5-7-13-6-3-4-9-15(13)14/h3-11H,12H2,1-2H3. The predicted octanol–water partition coefficient (Wildman–Crippen LogP) is 3.85. The van der Waals surface area contributed by atoms with Crippen LogP contribution in [0.3, 0.4) is 0 Å². The minimum atomic E-state index is -1.09. The molecule has 136 valence electrons. The van der Waals surface area contributed by atoms with Gasteiger partial charge in [-0.25, -0.2) is 0 Å². The molecule has 0 unspecified atom stereocenters. The first-order chi connectivity index (χ1) is 12.9. The smallest absolute Gasteiger partial charge is 0.366 e. The molecule has 4 rings (SSSR count). The Hall–Kier alpha value is -3.48. The predicted molar refractivity (Wildman–Crippen MR) is 101 cm³/mol. The highest BCUT2D eigenvalue weighted by Crippen LogP contribution is 2.38. The summed E-state index contributed by atoms with van der Waals surface area (Å²) in [7, 11) is 0. The van der Waals surface area contributed by atoms with Gasteiger partial charge in [0.25, 0.3) is 11.7 Å². The Morgan fingerprint density at radius 3 is 2.63 bits per heavy atom. The molecule has 0 bridgehead atoms. The molecule has 0 spiro atoms. The Bertz CT molecular complexity index is 1070. The van der Waals surface area contributed by atoms with Gasteiger partial charge < -0.3 is 14.9 Å². The first kappa shape index (κ1) is 17.0. The molecule has 1 aliphatic heterocycles. The minimum absolute atomic E-state index is 0.168. The largest absolute Gasteiger partial charge is 0.472 e. The number of amides is 1. The topological polar surface area (TPSA) is 85.6 Å². The molecule has 0 atom stereocenters. The number of hydrogen-bond acceptors (Lipinski definition) is 5. The number of fused-ring (bicyclic) bond motifs is 2. The Labute approximate surface area is 155 Å². The van der Waals surface area contributed by atoms with Crippen LogP contribution in [-0.2, 0) is 11.3 Å². The summed E-state index contributed by atoms with van der Waals surface area (Å²) in [4.78, 5) is 29.1. The average molecular weight is 363 g/mol. The van der Waals surface area contributed by atoms with Gasteiger partial charge >= 0.3 is 5.82 Å². The van der Waals surface area contributed by atoms with Crippen LogP contribution in [0.2, 0.25) is 0 Å². The summed E-state index contributed by atoms with van der Waals surface area (Å²) >= 11 is 0. The van der Waals surface area contributed by atoms with E-state index in [1.807, 2.05) is 42.5 Å². The summed E-state index contributed by atoms with van der Waals surface area (Å²) < 4.78 is 5.75. The summed E-state index contributed by atoms with van der Waals surface area (Å²) in [6, 6.07) is 16.5. The molecule has 1 aromatic heterocycles. The molecule has 1 amide bonds. The zero-order valence-corrected chi connectivity index (χ0v) is 14.9. The van der Waals surface area contributed by atoms with Gasteiger partial charge in [0, 0.05) is 6.07 Å². The van der Waals surface area contributed by atoms with E-state index >= 15 is 0 Å². The third kappa shape index (κ3) is 2.87. The fraction of sp³-hybridized carbons (Fsp3) is 0.200. The summed E-state index contributed by atoms with van der Waals surface area (Å²) in [5.74, 6) is -0.101.